The molecule has 0 spiro atoms. The fraction of sp³-hybridized carbons (Fsp3) is 0.667. The summed E-state index contributed by atoms with van der Waals surface area (Å²) in [5, 5.41) is 3.52. The maximum atomic E-state index is 3.58. The van der Waals surface area contributed by atoms with Crippen molar-refractivity contribution in [2.45, 2.75) is 25.8 Å². The fourth-order valence-electron chi connectivity index (χ4n) is 2.14. The summed E-state index contributed by atoms with van der Waals surface area (Å²) >= 11 is 8.83. The molecule has 0 radical (unpaired) electrons. The lowest BCUT2D eigenvalue weighted by molar-refractivity contribution is 0.229. The average molecular weight is 382 g/mol. The minimum Gasteiger partial charge on any atom is -0.311 e. The summed E-state index contributed by atoms with van der Waals surface area (Å²) in [5.41, 5.74) is 1.35. The highest BCUT2D eigenvalue weighted by Crippen LogP contribution is 2.31. The first-order valence-corrected chi connectivity index (χ1v) is 8.53. The van der Waals surface area contributed by atoms with E-state index in [4.69, 9.17) is 0 Å². The number of nitrogens with one attached hydrogen (secondary N) is 1. The first kappa shape index (κ1) is 14.0. The van der Waals surface area contributed by atoms with Crippen LogP contribution >= 0.6 is 43.2 Å². The number of likely N-dealkylation sites (tertiary alicyclic amines) is 1. The number of piperidine rings is 1. The Labute approximate surface area is 124 Å². The number of hydrogen-bond acceptors (Lipinski definition) is 3. The molecular weight excluding hydrogens is 364 g/mol. The number of nitrogens with zero attached hydrogens (tertiary/aromatic N) is 1. The molecule has 0 aromatic carbocycles. The molecule has 2 rings (SSSR count). The molecule has 1 aliphatic rings. The van der Waals surface area contributed by atoms with Gasteiger partial charge in [0.25, 0.3) is 0 Å². The summed E-state index contributed by atoms with van der Waals surface area (Å²) in [6.07, 6.45) is 4.17. The van der Waals surface area contributed by atoms with Crippen molar-refractivity contribution < 1.29 is 0 Å². The van der Waals surface area contributed by atoms with Crippen LogP contribution in [0.2, 0.25) is 0 Å². The molecule has 2 heterocycles. The monoisotopic (exact) mass is 380 g/mol. The summed E-state index contributed by atoms with van der Waals surface area (Å²) in [5.74, 6) is 0. The maximum absolute atomic E-state index is 3.58. The molecule has 0 amide bonds. The van der Waals surface area contributed by atoms with E-state index in [2.05, 4.69) is 48.1 Å². The summed E-state index contributed by atoms with van der Waals surface area (Å²) in [7, 11) is 0. The lowest BCUT2D eigenvalue weighted by Gasteiger charge is -2.26. The van der Waals surface area contributed by atoms with Crippen molar-refractivity contribution in [3.63, 3.8) is 0 Å². The van der Waals surface area contributed by atoms with Crippen LogP contribution in [0.1, 0.15) is 24.8 Å². The third kappa shape index (κ3) is 4.63. The highest BCUT2D eigenvalue weighted by atomic mass is 79.9. The van der Waals surface area contributed by atoms with Crippen molar-refractivity contribution in [2.24, 2.45) is 0 Å². The van der Waals surface area contributed by atoms with E-state index in [1.54, 1.807) is 11.3 Å². The minimum absolute atomic E-state index is 0.955. The van der Waals surface area contributed by atoms with Gasteiger partial charge in [-0.25, -0.2) is 0 Å². The van der Waals surface area contributed by atoms with Crippen LogP contribution in [-0.4, -0.2) is 31.1 Å². The van der Waals surface area contributed by atoms with Gasteiger partial charge in [0.15, 0.2) is 0 Å². The van der Waals surface area contributed by atoms with E-state index in [0.29, 0.717) is 0 Å². The highest BCUT2D eigenvalue weighted by Gasteiger charge is 2.09. The Morgan fingerprint density at radius 3 is 2.65 bits per heavy atom. The van der Waals surface area contributed by atoms with Crippen molar-refractivity contribution >= 4 is 43.2 Å². The third-order valence-corrected chi connectivity index (χ3v) is 5.56. The van der Waals surface area contributed by atoms with Gasteiger partial charge in [0.2, 0.25) is 0 Å². The van der Waals surface area contributed by atoms with Crippen LogP contribution in [0.5, 0.6) is 0 Å². The fourth-order valence-corrected chi connectivity index (χ4v) is 4.96. The second kappa shape index (κ2) is 7.24. The van der Waals surface area contributed by atoms with Gasteiger partial charge < -0.3 is 10.2 Å². The topological polar surface area (TPSA) is 15.3 Å². The van der Waals surface area contributed by atoms with Crippen LogP contribution in [0.3, 0.4) is 0 Å². The van der Waals surface area contributed by atoms with Gasteiger partial charge >= 0.3 is 0 Å². The Morgan fingerprint density at radius 1 is 1.24 bits per heavy atom. The molecule has 0 saturated carbocycles. The molecule has 1 N–H and O–H groups in total. The Morgan fingerprint density at radius 2 is 2.00 bits per heavy atom. The van der Waals surface area contributed by atoms with Crippen molar-refractivity contribution in [1.82, 2.24) is 10.2 Å². The highest BCUT2D eigenvalue weighted by molar-refractivity contribution is 9.12. The Kier molecular flexibility index (Phi) is 5.96. The van der Waals surface area contributed by atoms with Gasteiger partial charge in [-0.3, -0.25) is 0 Å². The van der Waals surface area contributed by atoms with Gasteiger partial charge in [-0.05, 0) is 69.4 Å². The SMILES string of the molecule is Brc1cc(CNCCN2CCCCC2)c(Br)s1. The third-order valence-electron chi connectivity index (χ3n) is 3.10. The van der Waals surface area contributed by atoms with E-state index in [1.165, 1.54) is 52.0 Å². The molecule has 96 valence electrons. The van der Waals surface area contributed by atoms with Gasteiger partial charge in [-0.1, -0.05) is 6.42 Å². The van der Waals surface area contributed by atoms with E-state index < -0.39 is 0 Å². The van der Waals surface area contributed by atoms with Gasteiger partial charge in [0.05, 0.1) is 7.57 Å². The van der Waals surface area contributed by atoms with Gasteiger partial charge in [-0.2, -0.15) is 0 Å². The standard InChI is InChI=1S/C12H18Br2N2S/c13-11-8-10(12(14)17-11)9-15-4-7-16-5-2-1-3-6-16/h8,15H,1-7,9H2. The molecule has 2 nitrogen and oxygen atoms in total. The maximum Gasteiger partial charge on any atom is 0.0755 e. The Balaban J connectivity index is 1.64. The second-order valence-corrected chi connectivity index (χ2v) is 8.18. The van der Waals surface area contributed by atoms with E-state index in [9.17, 15) is 0 Å². The lowest BCUT2D eigenvalue weighted by Crippen LogP contribution is -2.35. The molecule has 0 aliphatic carbocycles. The van der Waals surface area contributed by atoms with Crippen molar-refractivity contribution in [3.05, 3.63) is 19.2 Å². The second-order valence-electron chi connectivity index (χ2n) is 4.43. The van der Waals surface area contributed by atoms with Crippen LogP contribution in [0, 0.1) is 0 Å². The molecule has 1 aromatic heterocycles. The molecule has 1 aromatic rings. The van der Waals surface area contributed by atoms with Crippen molar-refractivity contribution in [2.75, 3.05) is 26.2 Å². The number of hydrogen-bond donors (Lipinski definition) is 1. The summed E-state index contributed by atoms with van der Waals surface area (Å²) < 4.78 is 2.42. The van der Waals surface area contributed by atoms with E-state index >= 15 is 0 Å². The normalized spacial score (nSPS) is 17.5. The average Bonchev–Trinajstić information content (AvgIpc) is 2.65. The van der Waals surface area contributed by atoms with Crippen LogP contribution in [-0.2, 0) is 6.54 Å². The molecule has 1 saturated heterocycles. The van der Waals surface area contributed by atoms with Crippen molar-refractivity contribution in [1.29, 1.82) is 0 Å². The molecule has 5 heteroatoms. The molecule has 1 aliphatic heterocycles. The quantitative estimate of drug-likeness (QED) is 0.779. The van der Waals surface area contributed by atoms with E-state index in [-0.39, 0.29) is 0 Å². The zero-order valence-electron chi connectivity index (χ0n) is 9.85. The smallest absolute Gasteiger partial charge is 0.0755 e. The first-order chi connectivity index (χ1) is 8.25. The molecule has 0 atom stereocenters. The van der Waals surface area contributed by atoms with Crippen LogP contribution in [0.15, 0.2) is 13.6 Å². The number of halogens is 2. The zero-order valence-corrected chi connectivity index (χ0v) is 13.8. The van der Waals surface area contributed by atoms with E-state index in [1.807, 2.05) is 0 Å². The van der Waals surface area contributed by atoms with E-state index in [0.717, 1.165) is 13.1 Å². The number of rotatable bonds is 5. The van der Waals surface area contributed by atoms with Crippen LogP contribution in [0.25, 0.3) is 0 Å². The Hall–Kier alpha value is 0.580. The number of thiophene rings is 1. The van der Waals surface area contributed by atoms with Gasteiger partial charge in [0, 0.05) is 19.6 Å². The van der Waals surface area contributed by atoms with Gasteiger partial charge in [0.1, 0.15) is 0 Å². The largest absolute Gasteiger partial charge is 0.311 e. The Bertz CT molecular complexity index is 348. The summed E-state index contributed by atoms with van der Waals surface area (Å²) in [4.78, 5) is 2.56. The van der Waals surface area contributed by atoms with Crippen molar-refractivity contribution in [3.8, 4) is 0 Å². The van der Waals surface area contributed by atoms with Crippen LogP contribution < -0.4 is 5.32 Å². The molecule has 0 unspecified atom stereocenters. The minimum atomic E-state index is 0.955. The summed E-state index contributed by atoms with van der Waals surface area (Å²) in [6, 6.07) is 2.18. The molecular formula is C12H18Br2N2S. The zero-order chi connectivity index (χ0) is 12.1. The van der Waals surface area contributed by atoms with Crippen LogP contribution in [0.4, 0.5) is 0 Å². The predicted octanol–water partition coefficient (Wildman–Crippen LogP) is 3.85. The molecule has 1 fully saturated rings. The molecule has 17 heavy (non-hydrogen) atoms. The summed E-state index contributed by atoms with van der Waals surface area (Å²) in [6.45, 7) is 5.80. The lowest BCUT2D eigenvalue weighted by atomic mass is 10.1. The first-order valence-electron chi connectivity index (χ1n) is 6.12. The van der Waals surface area contributed by atoms with Gasteiger partial charge in [-0.15, -0.1) is 11.3 Å². The molecule has 0 bridgehead atoms. The predicted molar refractivity (Wildman–Crippen MR) is 81.7 cm³/mol.